The van der Waals surface area contributed by atoms with Gasteiger partial charge >= 0.3 is 5.97 Å². The fourth-order valence-corrected chi connectivity index (χ4v) is 3.01. The highest BCUT2D eigenvalue weighted by molar-refractivity contribution is 5.82. The van der Waals surface area contributed by atoms with Gasteiger partial charge in [-0.25, -0.2) is 0 Å². The second-order valence-electron chi connectivity index (χ2n) is 5.16. The number of aliphatic carboxylic acids is 1. The second kappa shape index (κ2) is 4.53. The molecule has 0 spiro atoms. The van der Waals surface area contributed by atoms with Crippen LogP contribution in [0.4, 0.5) is 0 Å². The molecule has 0 bridgehead atoms. The van der Waals surface area contributed by atoms with Crippen LogP contribution >= 0.6 is 0 Å². The zero-order chi connectivity index (χ0) is 13.3. The molecule has 0 radical (unpaired) electrons. The molecule has 0 amide bonds. The molecule has 4 nitrogen and oxygen atoms in total. The van der Waals surface area contributed by atoms with Crippen molar-refractivity contribution < 1.29 is 9.90 Å². The van der Waals surface area contributed by atoms with E-state index in [1.165, 1.54) is 0 Å². The summed E-state index contributed by atoms with van der Waals surface area (Å²) in [5.74, 6) is -0.700. The first-order valence-corrected chi connectivity index (χ1v) is 6.55. The summed E-state index contributed by atoms with van der Waals surface area (Å²) in [5, 5.41) is 16.3. The third kappa shape index (κ3) is 1.93. The zero-order valence-electron chi connectivity index (χ0n) is 10.6. The molecule has 1 aliphatic carbocycles. The molecule has 4 heteroatoms. The van der Waals surface area contributed by atoms with Gasteiger partial charge in [0, 0.05) is 11.8 Å². The Hall–Kier alpha value is -2.10. The first kappa shape index (κ1) is 12.0. The Morgan fingerprint density at radius 2 is 2.05 bits per heavy atom. The van der Waals surface area contributed by atoms with Gasteiger partial charge in [-0.3, -0.25) is 9.89 Å². The first-order chi connectivity index (χ1) is 9.22. The van der Waals surface area contributed by atoms with Gasteiger partial charge in [0.1, 0.15) is 0 Å². The summed E-state index contributed by atoms with van der Waals surface area (Å²) in [7, 11) is 0. The molecule has 1 fully saturated rings. The highest BCUT2D eigenvalue weighted by atomic mass is 16.4. The maximum atomic E-state index is 11.7. The standard InChI is InChI=1S/C15H16N2O2/c18-14(19)15(6-1-2-7-15)13-5-3-4-11(8-13)12-9-16-17-10-12/h3-5,8-10H,1-2,6-7H2,(H,16,17)(H,18,19). The van der Waals surface area contributed by atoms with Crippen LogP contribution in [0.3, 0.4) is 0 Å². The topological polar surface area (TPSA) is 66.0 Å². The summed E-state index contributed by atoms with van der Waals surface area (Å²) in [6, 6.07) is 7.84. The van der Waals surface area contributed by atoms with E-state index >= 15 is 0 Å². The normalized spacial score (nSPS) is 17.5. The van der Waals surface area contributed by atoms with Crippen molar-refractivity contribution in [3.05, 3.63) is 42.2 Å². The molecule has 1 aromatic heterocycles. The maximum absolute atomic E-state index is 11.7. The molecule has 2 N–H and O–H groups in total. The van der Waals surface area contributed by atoms with E-state index in [0.29, 0.717) is 0 Å². The predicted molar refractivity (Wildman–Crippen MR) is 71.8 cm³/mol. The molecule has 19 heavy (non-hydrogen) atoms. The molecular weight excluding hydrogens is 240 g/mol. The molecule has 0 aliphatic heterocycles. The number of rotatable bonds is 3. The van der Waals surface area contributed by atoms with Gasteiger partial charge in [0.05, 0.1) is 11.6 Å². The van der Waals surface area contributed by atoms with Crippen LogP contribution in [0.2, 0.25) is 0 Å². The van der Waals surface area contributed by atoms with Crippen molar-refractivity contribution in [2.75, 3.05) is 0 Å². The lowest BCUT2D eigenvalue weighted by Gasteiger charge is -2.24. The van der Waals surface area contributed by atoms with E-state index in [-0.39, 0.29) is 0 Å². The van der Waals surface area contributed by atoms with Gasteiger partial charge in [0.2, 0.25) is 0 Å². The number of benzene rings is 1. The summed E-state index contributed by atoms with van der Waals surface area (Å²) < 4.78 is 0. The Bertz CT molecular complexity index is 584. The third-order valence-corrected chi connectivity index (χ3v) is 4.11. The minimum absolute atomic E-state index is 0.695. The van der Waals surface area contributed by atoms with Gasteiger partial charge in [-0.1, -0.05) is 31.0 Å². The Balaban J connectivity index is 2.05. The van der Waals surface area contributed by atoms with E-state index < -0.39 is 11.4 Å². The summed E-state index contributed by atoms with van der Waals surface area (Å²) in [4.78, 5) is 11.7. The van der Waals surface area contributed by atoms with E-state index in [1.54, 1.807) is 6.20 Å². The number of nitrogens with zero attached hydrogens (tertiary/aromatic N) is 1. The van der Waals surface area contributed by atoms with E-state index in [1.807, 2.05) is 30.5 Å². The maximum Gasteiger partial charge on any atom is 0.314 e. The minimum atomic E-state index is -0.700. The number of aromatic nitrogens is 2. The van der Waals surface area contributed by atoms with Crippen molar-refractivity contribution in [2.24, 2.45) is 0 Å². The quantitative estimate of drug-likeness (QED) is 0.887. The van der Waals surface area contributed by atoms with E-state index in [2.05, 4.69) is 10.2 Å². The minimum Gasteiger partial charge on any atom is -0.481 e. The van der Waals surface area contributed by atoms with Crippen LogP contribution in [0.5, 0.6) is 0 Å². The Labute approximate surface area is 111 Å². The zero-order valence-corrected chi connectivity index (χ0v) is 10.6. The monoisotopic (exact) mass is 256 g/mol. The van der Waals surface area contributed by atoms with Gasteiger partial charge in [0.15, 0.2) is 0 Å². The summed E-state index contributed by atoms with van der Waals surface area (Å²) >= 11 is 0. The van der Waals surface area contributed by atoms with Crippen molar-refractivity contribution in [2.45, 2.75) is 31.1 Å². The molecule has 98 valence electrons. The van der Waals surface area contributed by atoms with Crippen LogP contribution in [0, 0.1) is 0 Å². The first-order valence-electron chi connectivity index (χ1n) is 6.55. The average molecular weight is 256 g/mol. The molecule has 3 rings (SSSR count). The summed E-state index contributed by atoms with van der Waals surface area (Å²) in [6.07, 6.45) is 7.02. The highest BCUT2D eigenvalue weighted by Crippen LogP contribution is 2.42. The van der Waals surface area contributed by atoms with Crippen molar-refractivity contribution in [1.29, 1.82) is 0 Å². The smallest absolute Gasteiger partial charge is 0.314 e. The van der Waals surface area contributed by atoms with E-state index in [4.69, 9.17) is 0 Å². The van der Waals surface area contributed by atoms with Crippen LogP contribution in [-0.4, -0.2) is 21.3 Å². The van der Waals surface area contributed by atoms with Crippen LogP contribution in [0.15, 0.2) is 36.7 Å². The number of aromatic amines is 1. The SMILES string of the molecule is O=C(O)C1(c2cccc(-c3cn[nH]c3)c2)CCCC1. The number of carboxylic acid groups (broad SMARTS) is 1. The Kier molecular flexibility index (Phi) is 2.85. The van der Waals surface area contributed by atoms with Gasteiger partial charge in [-0.05, 0) is 30.0 Å². The fraction of sp³-hybridized carbons (Fsp3) is 0.333. The van der Waals surface area contributed by atoms with Gasteiger partial charge < -0.3 is 5.11 Å². The fourth-order valence-electron chi connectivity index (χ4n) is 3.01. The van der Waals surface area contributed by atoms with Crippen LogP contribution in [-0.2, 0) is 10.2 Å². The number of carboxylic acids is 1. The number of nitrogens with one attached hydrogen (secondary N) is 1. The Morgan fingerprint density at radius 1 is 1.26 bits per heavy atom. The number of hydrogen-bond acceptors (Lipinski definition) is 2. The lowest BCUT2D eigenvalue weighted by Crippen LogP contribution is -2.32. The molecular formula is C15H16N2O2. The van der Waals surface area contributed by atoms with E-state index in [9.17, 15) is 9.90 Å². The van der Waals surface area contributed by atoms with Crippen molar-refractivity contribution in [1.82, 2.24) is 10.2 Å². The molecule has 2 aromatic rings. The molecule has 0 unspecified atom stereocenters. The van der Waals surface area contributed by atoms with Crippen LogP contribution in [0.25, 0.3) is 11.1 Å². The summed E-state index contributed by atoms with van der Waals surface area (Å²) in [5.41, 5.74) is 2.22. The van der Waals surface area contributed by atoms with E-state index in [0.717, 1.165) is 42.4 Å². The summed E-state index contributed by atoms with van der Waals surface area (Å²) in [6.45, 7) is 0. The predicted octanol–water partition coefficient (Wildman–Crippen LogP) is 2.97. The third-order valence-electron chi connectivity index (χ3n) is 4.11. The van der Waals surface area contributed by atoms with Gasteiger partial charge in [-0.15, -0.1) is 0 Å². The van der Waals surface area contributed by atoms with Crippen molar-refractivity contribution in [3.63, 3.8) is 0 Å². The van der Waals surface area contributed by atoms with Gasteiger partial charge in [-0.2, -0.15) is 5.10 Å². The highest BCUT2D eigenvalue weighted by Gasteiger charge is 2.42. The number of hydrogen-bond donors (Lipinski definition) is 2. The molecule has 0 saturated heterocycles. The lowest BCUT2D eigenvalue weighted by molar-refractivity contribution is -0.143. The lowest BCUT2D eigenvalue weighted by atomic mass is 9.78. The average Bonchev–Trinajstić information content (AvgIpc) is 3.11. The largest absolute Gasteiger partial charge is 0.481 e. The second-order valence-corrected chi connectivity index (χ2v) is 5.16. The number of carbonyl (C=O) groups is 1. The molecule has 1 heterocycles. The molecule has 1 saturated carbocycles. The van der Waals surface area contributed by atoms with Crippen molar-refractivity contribution >= 4 is 5.97 Å². The Morgan fingerprint density at radius 3 is 2.68 bits per heavy atom. The molecule has 0 atom stereocenters. The molecule has 1 aliphatic rings. The molecule has 1 aromatic carbocycles. The van der Waals surface area contributed by atoms with Crippen LogP contribution < -0.4 is 0 Å². The van der Waals surface area contributed by atoms with Crippen molar-refractivity contribution in [3.8, 4) is 11.1 Å². The number of H-pyrrole nitrogens is 1. The van der Waals surface area contributed by atoms with Gasteiger partial charge in [0.25, 0.3) is 0 Å². The van der Waals surface area contributed by atoms with Crippen LogP contribution in [0.1, 0.15) is 31.2 Å².